The van der Waals surface area contributed by atoms with Crippen molar-refractivity contribution in [1.82, 2.24) is 5.32 Å². The molecule has 1 aromatic carbocycles. The van der Waals surface area contributed by atoms with Crippen molar-refractivity contribution in [2.75, 3.05) is 0 Å². The zero-order chi connectivity index (χ0) is 20.3. The number of nitrogens with one attached hydrogen (secondary N) is 1. The molecule has 12 heteroatoms. The SMILES string of the molecule is CC(C)(C)OC(=O)N[C@H](C(N)=O)c1ccc(OS(=O)(=O)C(F)(F)F)cc1. The Morgan fingerprint density at radius 3 is 2.00 bits per heavy atom. The first-order valence-electron chi connectivity index (χ1n) is 7.02. The van der Waals surface area contributed by atoms with Gasteiger partial charge in [0.2, 0.25) is 5.91 Å². The summed E-state index contributed by atoms with van der Waals surface area (Å²) < 4.78 is 67.6. The molecule has 0 aliphatic rings. The Bertz CT molecular complexity index is 769. The van der Waals surface area contributed by atoms with Gasteiger partial charge in [0.05, 0.1) is 0 Å². The Morgan fingerprint density at radius 1 is 1.12 bits per heavy atom. The van der Waals surface area contributed by atoms with Crippen LogP contribution >= 0.6 is 0 Å². The van der Waals surface area contributed by atoms with Crippen molar-refractivity contribution in [1.29, 1.82) is 0 Å². The summed E-state index contributed by atoms with van der Waals surface area (Å²) in [5.41, 5.74) is -1.14. The molecule has 1 atom stereocenters. The number of hydrogen-bond acceptors (Lipinski definition) is 6. The molecule has 3 N–H and O–H groups in total. The molecule has 1 aromatic rings. The van der Waals surface area contributed by atoms with Gasteiger partial charge in [-0.2, -0.15) is 21.6 Å². The predicted octanol–water partition coefficient (Wildman–Crippen LogP) is 1.97. The maximum absolute atomic E-state index is 12.3. The minimum Gasteiger partial charge on any atom is -0.444 e. The van der Waals surface area contributed by atoms with Gasteiger partial charge < -0.3 is 20.0 Å². The van der Waals surface area contributed by atoms with Crippen molar-refractivity contribution in [3.05, 3.63) is 29.8 Å². The molecule has 0 fully saturated rings. The van der Waals surface area contributed by atoms with Crippen molar-refractivity contribution in [3.63, 3.8) is 0 Å². The van der Waals surface area contributed by atoms with E-state index in [4.69, 9.17) is 10.5 Å². The molecular formula is C14H17F3N2O6S. The van der Waals surface area contributed by atoms with Crippen LogP contribution in [-0.2, 0) is 19.6 Å². The zero-order valence-electron chi connectivity index (χ0n) is 14.0. The molecule has 0 heterocycles. The summed E-state index contributed by atoms with van der Waals surface area (Å²) in [7, 11) is -5.82. The molecular weight excluding hydrogens is 381 g/mol. The minimum absolute atomic E-state index is 0.0834. The Morgan fingerprint density at radius 2 is 1.62 bits per heavy atom. The Labute approximate surface area is 147 Å². The van der Waals surface area contributed by atoms with Crippen LogP contribution in [0.15, 0.2) is 24.3 Å². The largest absolute Gasteiger partial charge is 0.534 e. The Balaban J connectivity index is 2.96. The van der Waals surface area contributed by atoms with Crippen molar-refractivity contribution in [2.24, 2.45) is 5.73 Å². The number of carbonyl (C=O) groups excluding carboxylic acids is 2. The maximum atomic E-state index is 12.3. The third kappa shape index (κ3) is 6.10. The lowest BCUT2D eigenvalue weighted by molar-refractivity contribution is -0.120. The molecule has 0 aliphatic heterocycles. The highest BCUT2D eigenvalue weighted by molar-refractivity contribution is 7.88. The quantitative estimate of drug-likeness (QED) is 0.577. The van der Waals surface area contributed by atoms with Crippen LogP contribution in [0.25, 0.3) is 0 Å². The molecule has 0 radical (unpaired) electrons. The first-order valence-corrected chi connectivity index (χ1v) is 8.43. The normalized spacial score (nSPS) is 13.6. The molecule has 26 heavy (non-hydrogen) atoms. The van der Waals surface area contributed by atoms with Gasteiger partial charge in [0.25, 0.3) is 0 Å². The van der Waals surface area contributed by atoms with E-state index in [0.29, 0.717) is 0 Å². The molecule has 1 rings (SSSR count). The minimum atomic E-state index is -5.82. The van der Waals surface area contributed by atoms with Gasteiger partial charge >= 0.3 is 21.7 Å². The van der Waals surface area contributed by atoms with Crippen LogP contribution in [0.1, 0.15) is 32.4 Å². The number of rotatable bonds is 5. The highest BCUT2D eigenvalue weighted by atomic mass is 32.2. The molecule has 0 saturated carbocycles. The van der Waals surface area contributed by atoms with E-state index in [9.17, 15) is 31.2 Å². The first-order chi connectivity index (χ1) is 11.6. The number of nitrogens with two attached hydrogens (primary N) is 1. The summed E-state index contributed by atoms with van der Waals surface area (Å²) in [5, 5.41) is 2.21. The lowest BCUT2D eigenvalue weighted by atomic mass is 10.1. The van der Waals surface area contributed by atoms with E-state index in [-0.39, 0.29) is 5.56 Å². The lowest BCUT2D eigenvalue weighted by Crippen LogP contribution is -2.40. The number of hydrogen-bond donors (Lipinski definition) is 2. The molecule has 8 nitrogen and oxygen atoms in total. The van der Waals surface area contributed by atoms with Crippen LogP contribution < -0.4 is 15.2 Å². The second kappa shape index (κ2) is 7.40. The summed E-state index contributed by atoms with van der Waals surface area (Å²) >= 11 is 0. The molecule has 0 aliphatic carbocycles. The number of carbonyl (C=O) groups is 2. The van der Waals surface area contributed by atoms with Crippen molar-refractivity contribution < 1.29 is 40.1 Å². The summed E-state index contributed by atoms with van der Waals surface area (Å²) in [6, 6.07) is 2.57. The second-order valence-corrected chi connectivity index (χ2v) is 7.57. The van der Waals surface area contributed by atoms with E-state index in [0.717, 1.165) is 24.3 Å². The number of alkyl carbamates (subject to hydrolysis) is 1. The fourth-order valence-electron chi connectivity index (χ4n) is 1.63. The van der Waals surface area contributed by atoms with Gasteiger partial charge in [-0.3, -0.25) is 4.79 Å². The standard InChI is InChI=1S/C14H17F3N2O6S/c1-13(2,3)24-12(21)19-10(11(18)20)8-4-6-9(7-5-8)25-26(22,23)14(15,16)17/h4-7,10H,1-3H3,(H2,18,20)(H,19,21)/t10-/m0/s1. The van der Waals surface area contributed by atoms with Gasteiger partial charge in [0, 0.05) is 0 Å². The molecule has 2 amide bonds. The average Bonchev–Trinajstić information content (AvgIpc) is 2.42. The number of benzene rings is 1. The number of alkyl halides is 3. The first kappa shape index (κ1) is 21.5. The Kier molecular flexibility index (Phi) is 6.13. The fourth-order valence-corrected chi connectivity index (χ4v) is 2.09. The van der Waals surface area contributed by atoms with Crippen LogP contribution in [0.4, 0.5) is 18.0 Å². The van der Waals surface area contributed by atoms with E-state index in [1.54, 1.807) is 20.8 Å². The molecule has 0 spiro atoms. The van der Waals surface area contributed by atoms with Gasteiger partial charge in [-0.25, -0.2) is 4.79 Å². The number of amides is 2. The molecule has 0 saturated heterocycles. The molecule has 0 aromatic heterocycles. The highest BCUT2D eigenvalue weighted by Crippen LogP contribution is 2.27. The van der Waals surface area contributed by atoms with E-state index >= 15 is 0 Å². The molecule has 146 valence electrons. The van der Waals surface area contributed by atoms with E-state index in [1.165, 1.54) is 0 Å². The summed E-state index contributed by atoms with van der Waals surface area (Å²) in [6.45, 7) is 4.79. The van der Waals surface area contributed by atoms with Crippen LogP contribution in [-0.4, -0.2) is 31.5 Å². The van der Waals surface area contributed by atoms with Crippen LogP contribution in [0, 0.1) is 0 Å². The van der Waals surface area contributed by atoms with Crippen molar-refractivity contribution in [2.45, 2.75) is 37.9 Å². The Hall–Kier alpha value is -2.50. The van der Waals surface area contributed by atoms with Crippen LogP contribution in [0.2, 0.25) is 0 Å². The van der Waals surface area contributed by atoms with E-state index in [1.807, 2.05) is 0 Å². The number of halogens is 3. The topological polar surface area (TPSA) is 125 Å². The van der Waals surface area contributed by atoms with E-state index in [2.05, 4.69) is 9.50 Å². The van der Waals surface area contributed by atoms with Crippen LogP contribution in [0.5, 0.6) is 5.75 Å². The zero-order valence-corrected chi connectivity index (χ0v) is 14.8. The number of primary amides is 1. The third-order valence-corrected chi connectivity index (χ3v) is 3.63. The smallest absolute Gasteiger partial charge is 0.444 e. The number of ether oxygens (including phenoxy) is 1. The lowest BCUT2D eigenvalue weighted by Gasteiger charge is -2.22. The highest BCUT2D eigenvalue weighted by Gasteiger charge is 2.48. The van der Waals surface area contributed by atoms with Crippen molar-refractivity contribution in [3.8, 4) is 5.75 Å². The average molecular weight is 398 g/mol. The van der Waals surface area contributed by atoms with Crippen LogP contribution in [0.3, 0.4) is 0 Å². The maximum Gasteiger partial charge on any atom is 0.534 e. The van der Waals surface area contributed by atoms with Gasteiger partial charge in [-0.1, -0.05) is 12.1 Å². The van der Waals surface area contributed by atoms with Gasteiger partial charge in [0.15, 0.2) is 0 Å². The molecule has 0 unspecified atom stereocenters. The molecule has 0 bridgehead atoms. The monoisotopic (exact) mass is 398 g/mol. The van der Waals surface area contributed by atoms with Gasteiger partial charge in [-0.15, -0.1) is 0 Å². The van der Waals surface area contributed by atoms with E-state index < -0.39 is 45.0 Å². The van der Waals surface area contributed by atoms with Gasteiger partial charge in [-0.05, 0) is 38.5 Å². The second-order valence-electron chi connectivity index (χ2n) is 6.03. The summed E-state index contributed by atoms with van der Waals surface area (Å²) in [6.07, 6.45) is -0.943. The van der Waals surface area contributed by atoms with Crippen molar-refractivity contribution >= 4 is 22.1 Å². The van der Waals surface area contributed by atoms with Gasteiger partial charge in [0.1, 0.15) is 17.4 Å². The summed E-state index contributed by atoms with van der Waals surface area (Å²) in [4.78, 5) is 23.3. The predicted molar refractivity (Wildman–Crippen MR) is 83.3 cm³/mol. The third-order valence-electron chi connectivity index (χ3n) is 2.65. The summed E-state index contributed by atoms with van der Waals surface area (Å²) in [5.74, 6) is -1.60. The fraction of sp³-hybridized carbons (Fsp3) is 0.429.